The van der Waals surface area contributed by atoms with E-state index in [-0.39, 0.29) is 11.6 Å². The number of carbonyl (C=O) groups is 2. The van der Waals surface area contributed by atoms with Gasteiger partial charge >= 0.3 is 5.97 Å². The van der Waals surface area contributed by atoms with Gasteiger partial charge in [0.05, 0.1) is 35.0 Å². The lowest BCUT2D eigenvalue weighted by molar-refractivity contribution is -0.384. The molecule has 9 heteroatoms. The Labute approximate surface area is 166 Å². The van der Waals surface area contributed by atoms with E-state index >= 15 is 0 Å². The normalized spacial score (nSPS) is 10.4. The second-order valence-corrected chi connectivity index (χ2v) is 6.14. The molecule has 1 aromatic heterocycles. The van der Waals surface area contributed by atoms with Crippen molar-refractivity contribution in [3.8, 4) is 5.69 Å². The Kier molecular flexibility index (Phi) is 5.98. The molecule has 0 aliphatic rings. The third-order valence-electron chi connectivity index (χ3n) is 4.24. The summed E-state index contributed by atoms with van der Waals surface area (Å²) in [6.45, 7) is 0.416. The van der Waals surface area contributed by atoms with Gasteiger partial charge in [-0.2, -0.15) is 5.10 Å². The third-order valence-corrected chi connectivity index (χ3v) is 4.24. The standard InChI is InChI=1S/C20H18N4O5/c1-29-20(26)15-4-2-14(3-5-15)10-11-21-19(25)16-12-22-23(13-16)17-6-8-18(9-7-17)24(27)28/h2-9,12-13H,10-11H2,1H3,(H,21,25). The molecule has 3 rings (SSSR count). The first kappa shape index (κ1) is 19.7. The molecule has 1 heterocycles. The Bertz CT molecular complexity index is 1030. The molecule has 0 saturated carbocycles. The molecule has 148 valence electrons. The molecule has 1 N–H and O–H groups in total. The fraction of sp³-hybridized carbons (Fsp3) is 0.150. The van der Waals surface area contributed by atoms with Crippen LogP contribution in [-0.2, 0) is 11.2 Å². The van der Waals surface area contributed by atoms with E-state index in [1.54, 1.807) is 30.5 Å². The van der Waals surface area contributed by atoms with Gasteiger partial charge in [0.1, 0.15) is 0 Å². The van der Waals surface area contributed by atoms with Crippen molar-refractivity contribution in [2.24, 2.45) is 0 Å². The van der Waals surface area contributed by atoms with E-state index in [4.69, 9.17) is 0 Å². The van der Waals surface area contributed by atoms with Crippen LogP contribution in [0.15, 0.2) is 60.9 Å². The zero-order valence-corrected chi connectivity index (χ0v) is 15.6. The van der Waals surface area contributed by atoms with Gasteiger partial charge in [0.2, 0.25) is 0 Å². The molecule has 0 fully saturated rings. The summed E-state index contributed by atoms with van der Waals surface area (Å²) >= 11 is 0. The number of nitrogens with zero attached hydrogens (tertiary/aromatic N) is 3. The van der Waals surface area contributed by atoms with Crippen molar-refractivity contribution in [1.29, 1.82) is 0 Å². The maximum atomic E-state index is 12.3. The lowest BCUT2D eigenvalue weighted by Gasteiger charge is -2.05. The van der Waals surface area contributed by atoms with Crippen molar-refractivity contribution in [1.82, 2.24) is 15.1 Å². The van der Waals surface area contributed by atoms with Crippen molar-refractivity contribution in [2.45, 2.75) is 6.42 Å². The molecule has 0 saturated heterocycles. The average molecular weight is 394 g/mol. The highest BCUT2D eigenvalue weighted by atomic mass is 16.6. The number of rotatable bonds is 7. The summed E-state index contributed by atoms with van der Waals surface area (Å²) in [6, 6.07) is 12.9. The van der Waals surface area contributed by atoms with Gasteiger partial charge in [-0.3, -0.25) is 14.9 Å². The van der Waals surface area contributed by atoms with Crippen LogP contribution in [0.3, 0.4) is 0 Å². The van der Waals surface area contributed by atoms with E-state index in [1.165, 1.54) is 30.1 Å². The molecule has 0 aliphatic heterocycles. The number of hydrogen-bond acceptors (Lipinski definition) is 6. The number of nitrogens with one attached hydrogen (secondary N) is 1. The topological polar surface area (TPSA) is 116 Å². The smallest absolute Gasteiger partial charge is 0.337 e. The van der Waals surface area contributed by atoms with Gasteiger partial charge in [-0.25, -0.2) is 9.48 Å². The molecule has 2 aromatic carbocycles. The van der Waals surface area contributed by atoms with E-state index < -0.39 is 10.9 Å². The Morgan fingerprint density at radius 2 is 1.79 bits per heavy atom. The molecule has 0 bridgehead atoms. The number of nitro benzene ring substituents is 1. The second kappa shape index (κ2) is 8.79. The molecule has 3 aromatic rings. The van der Waals surface area contributed by atoms with Crippen molar-refractivity contribution < 1.29 is 19.2 Å². The van der Waals surface area contributed by atoms with Crippen molar-refractivity contribution in [2.75, 3.05) is 13.7 Å². The van der Waals surface area contributed by atoms with Crippen LogP contribution in [0.2, 0.25) is 0 Å². The summed E-state index contributed by atoms with van der Waals surface area (Å²) in [5.41, 5.74) is 2.42. The van der Waals surface area contributed by atoms with E-state index in [9.17, 15) is 19.7 Å². The third kappa shape index (κ3) is 4.83. The number of methoxy groups -OCH3 is 1. The fourth-order valence-corrected chi connectivity index (χ4v) is 2.66. The van der Waals surface area contributed by atoms with Crippen molar-refractivity contribution in [3.05, 3.63) is 87.7 Å². The molecule has 9 nitrogen and oxygen atoms in total. The van der Waals surface area contributed by atoms with Crippen LogP contribution in [0.4, 0.5) is 5.69 Å². The SMILES string of the molecule is COC(=O)c1ccc(CCNC(=O)c2cnn(-c3ccc([N+](=O)[O-])cc3)c2)cc1. The van der Waals surface area contributed by atoms with Crippen molar-refractivity contribution in [3.63, 3.8) is 0 Å². The van der Waals surface area contributed by atoms with E-state index in [0.29, 0.717) is 29.8 Å². The quantitative estimate of drug-likeness (QED) is 0.374. The predicted octanol–water partition coefficient (Wildman–Crippen LogP) is 2.54. The lowest BCUT2D eigenvalue weighted by Crippen LogP contribution is -2.25. The number of nitro groups is 1. The van der Waals surface area contributed by atoms with Crippen LogP contribution in [-0.4, -0.2) is 40.2 Å². The number of non-ortho nitro benzene ring substituents is 1. The highest BCUT2D eigenvalue weighted by molar-refractivity contribution is 5.93. The molecule has 0 spiro atoms. The van der Waals surface area contributed by atoms with Crippen LogP contribution >= 0.6 is 0 Å². The molecule has 29 heavy (non-hydrogen) atoms. The molecular weight excluding hydrogens is 376 g/mol. The zero-order chi connectivity index (χ0) is 20.8. The number of carbonyl (C=O) groups excluding carboxylic acids is 2. The van der Waals surface area contributed by atoms with E-state index in [2.05, 4.69) is 15.2 Å². The maximum absolute atomic E-state index is 12.3. The summed E-state index contributed by atoms with van der Waals surface area (Å²) in [5, 5.41) is 17.7. The van der Waals surface area contributed by atoms with Gasteiger partial charge in [-0.1, -0.05) is 12.1 Å². The van der Waals surface area contributed by atoms with E-state index in [1.807, 2.05) is 12.1 Å². The Balaban J connectivity index is 1.55. The predicted molar refractivity (Wildman–Crippen MR) is 104 cm³/mol. The minimum Gasteiger partial charge on any atom is -0.465 e. The van der Waals surface area contributed by atoms with Crippen LogP contribution in [0.5, 0.6) is 0 Å². The monoisotopic (exact) mass is 394 g/mol. The van der Waals surface area contributed by atoms with Crippen LogP contribution < -0.4 is 5.32 Å². The number of esters is 1. The highest BCUT2D eigenvalue weighted by Crippen LogP contribution is 2.15. The first-order valence-electron chi connectivity index (χ1n) is 8.73. The lowest BCUT2D eigenvalue weighted by atomic mass is 10.1. The molecule has 0 unspecified atom stereocenters. The molecular formula is C20H18N4O5. The maximum Gasteiger partial charge on any atom is 0.337 e. The minimum atomic E-state index is -0.477. The van der Waals surface area contributed by atoms with Gasteiger partial charge < -0.3 is 10.1 Å². The van der Waals surface area contributed by atoms with Gasteiger partial charge in [-0.15, -0.1) is 0 Å². The van der Waals surface area contributed by atoms with Gasteiger partial charge in [-0.05, 0) is 36.2 Å². The molecule has 0 radical (unpaired) electrons. The number of amides is 1. The van der Waals surface area contributed by atoms with Crippen LogP contribution in [0.25, 0.3) is 5.69 Å². The summed E-state index contributed by atoms with van der Waals surface area (Å²) in [6.07, 6.45) is 3.59. The zero-order valence-electron chi connectivity index (χ0n) is 15.6. The Morgan fingerprint density at radius 3 is 2.41 bits per heavy atom. The van der Waals surface area contributed by atoms with Crippen molar-refractivity contribution >= 4 is 17.6 Å². The molecule has 0 aliphatic carbocycles. The second-order valence-electron chi connectivity index (χ2n) is 6.14. The fourth-order valence-electron chi connectivity index (χ4n) is 2.66. The Morgan fingerprint density at radius 1 is 1.10 bits per heavy atom. The van der Waals surface area contributed by atoms with Crippen LogP contribution in [0.1, 0.15) is 26.3 Å². The number of ether oxygens (including phenoxy) is 1. The summed E-state index contributed by atoms with van der Waals surface area (Å²) in [7, 11) is 1.33. The highest BCUT2D eigenvalue weighted by Gasteiger charge is 2.11. The first-order chi connectivity index (χ1) is 14.0. The first-order valence-corrected chi connectivity index (χ1v) is 8.73. The average Bonchev–Trinajstić information content (AvgIpc) is 3.24. The van der Waals surface area contributed by atoms with Gasteiger partial charge in [0, 0.05) is 24.9 Å². The number of benzene rings is 2. The summed E-state index contributed by atoms with van der Waals surface area (Å²) in [4.78, 5) is 33.9. The molecule has 1 amide bonds. The molecule has 0 atom stereocenters. The van der Waals surface area contributed by atoms with Gasteiger partial charge in [0.15, 0.2) is 0 Å². The van der Waals surface area contributed by atoms with Gasteiger partial charge in [0.25, 0.3) is 11.6 Å². The largest absolute Gasteiger partial charge is 0.465 e. The Hall–Kier alpha value is -4.01. The summed E-state index contributed by atoms with van der Waals surface area (Å²) < 4.78 is 6.13. The summed E-state index contributed by atoms with van der Waals surface area (Å²) in [5.74, 6) is -0.667. The van der Waals surface area contributed by atoms with E-state index in [0.717, 1.165) is 5.56 Å². The number of aromatic nitrogens is 2. The van der Waals surface area contributed by atoms with Crippen LogP contribution in [0, 0.1) is 10.1 Å². The minimum absolute atomic E-state index is 0.0153. The number of hydrogen-bond donors (Lipinski definition) is 1.